The zero-order chi connectivity index (χ0) is 15.6. The average molecular weight is 391 g/mol. The molecule has 5 nitrogen and oxygen atoms in total. The summed E-state index contributed by atoms with van der Waals surface area (Å²) in [5.74, 6) is 0.325. The predicted octanol–water partition coefficient (Wildman–Crippen LogP) is 3.04. The Balaban J connectivity index is 2.35. The van der Waals surface area contributed by atoms with Crippen molar-refractivity contribution in [2.45, 2.75) is 18.4 Å². The van der Waals surface area contributed by atoms with E-state index in [2.05, 4.69) is 20.9 Å². The highest BCUT2D eigenvalue weighted by molar-refractivity contribution is 9.10. The first-order valence-corrected chi connectivity index (χ1v) is 9.10. The first-order chi connectivity index (χ1) is 9.84. The number of aryl methyl sites for hydroxylation is 1. The minimum absolute atomic E-state index is 0.142. The summed E-state index contributed by atoms with van der Waals surface area (Å²) in [6.45, 7) is 2.17. The zero-order valence-electron chi connectivity index (χ0n) is 11.8. The molecular weight excluding hydrogens is 376 g/mol. The number of nitrogens with zero attached hydrogens (tertiary/aromatic N) is 2. The first kappa shape index (κ1) is 16.4. The minimum atomic E-state index is -3.64. The van der Waals surface area contributed by atoms with Gasteiger partial charge in [0.25, 0.3) is 0 Å². The van der Waals surface area contributed by atoms with Gasteiger partial charge in [0.1, 0.15) is 10.6 Å². The molecule has 0 radical (unpaired) electrons. The van der Waals surface area contributed by atoms with E-state index >= 15 is 0 Å². The summed E-state index contributed by atoms with van der Waals surface area (Å²) in [5, 5.41) is 0.913. The van der Waals surface area contributed by atoms with Gasteiger partial charge < -0.3 is 4.74 Å². The molecule has 0 unspecified atom stereocenters. The van der Waals surface area contributed by atoms with Gasteiger partial charge in [0.05, 0.1) is 12.1 Å². The van der Waals surface area contributed by atoms with Crippen molar-refractivity contribution >= 4 is 37.3 Å². The summed E-state index contributed by atoms with van der Waals surface area (Å²) in [6, 6.07) is 4.91. The predicted molar refractivity (Wildman–Crippen MR) is 86.2 cm³/mol. The number of aromatic nitrogens is 1. The lowest BCUT2D eigenvalue weighted by Gasteiger charge is -2.18. The van der Waals surface area contributed by atoms with Crippen LogP contribution in [0.3, 0.4) is 0 Å². The van der Waals surface area contributed by atoms with Gasteiger partial charge in [-0.05, 0) is 25.1 Å². The zero-order valence-corrected chi connectivity index (χ0v) is 15.0. The van der Waals surface area contributed by atoms with Gasteiger partial charge in [-0.15, -0.1) is 11.3 Å². The normalized spacial score (nSPS) is 11.9. The SMILES string of the molecule is COc1ccc(Br)cc1S(=O)(=O)N(C)Cc1cnc(C)s1. The summed E-state index contributed by atoms with van der Waals surface area (Å²) < 4.78 is 32.5. The Morgan fingerprint density at radius 2 is 2.14 bits per heavy atom. The standard InChI is InChI=1S/C13H15BrN2O3S2/c1-9-15-7-11(20-9)8-16(2)21(17,18)13-6-10(14)4-5-12(13)19-3/h4-7H,8H2,1-3H3. The number of ether oxygens (including phenoxy) is 1. The molecule has 0 atom stereocenters. The second-order valence-electron chi connectivity index (χ2n) is 4.40. The van der Waals surface area contributed by atoms with Crippen LogP contribution in [0.2, 0.25) is 0 Å². The van der Waals surface area contributed by atoms with E-state index < -0.39 is 10.0 Å². The third-order valence-corrected chi connectivity index (χ3v) is 6.08. The fraction of sp³-hybridized carbons (Fsp3) is 0.308. The van der Waals surface area contributed by atoms with Gasteiger partial charge in [0, 0.05) is 29.1 Å². The molecule has 0 amide bonds. The molecule has 0 bridgehead atoms. The maximum atomic E-state index is 12.7. The third-order valence-electron chi connectivity index (χ3n) is 2.86. The van der Waals surface area contributed by atoms with Gasteiger partial charge in [-0.1, -0.05) is 15.9 Å². The monoisotopic (exact) mass is 390 g/mol. The fourth-order valence-corrected chi connectivity index (χ4v) is 4.57. The van der Waals surface area contributed by atoms with Crippen LogP contribution in [0.25, 0.3) is 0 Å². The number of hydrogen-bond donors (Lipinski definition) is 0. The summed E-state index contributed by atoms with van der Waals surface area (Å²) >= 11 is 4.77. The Morgan fingerprint density at radius 3 is 2.71 bits per heavy atom. The van der Waals surface area contributed by atoms with Crippen LogP contribution in [-0.2, 0) is 16.6 Å². The van der Waals surface area contributed by atoms with Crippen molar-refractivity contribution in [3.63, 3.8) is 0 Å². The molecule has 0 saturated carbocycles. The van der Waals surface area contributed by atoms with Crippen LogP contribution in [-0.4, -0.2) is 31.9 Å². The van der Waals surface area contributed by atoms with Gasteiger partial charge in [0.15, 0.2) is 0 Å². The van der Waals surface area contributed by atoms with Gasteiger partial charge in [0.2, 0.25) is 10.0 Å². The quantitative estimate of drug-likeness (QED) is 0.786. The van der Waals surface area contributed by atoms with Crippen LogP contribution >= 0.6 is 27.3 Å². The van der Waals surface area contributed by atoms with Gasteiger partial charge >= 0.3 is 0 Å². The molecule has 1 aromatic carbocycles. The van der Waals surface area contributed by atoms with Crippen molar-refractivity contribution in [2.75, 3.05) is 14.2 Å². The van der Waals surface area contributed by atoms with E-state index in [-0.39, 0.29) is 11.4 Å². The Morgan fingerprint density at radius 1 is 1.43 bits per heavy atom. The smallest absolute Gasteiger partial charge is 0.246 e. The molecular formula is C13H15BrN2O3S2. The molecule has 0 fully saturated rings. The Hall–Kier alpha value is -0.960. The molecule has 0 N–H and O–H groups in total. The molecule has 2 aromatic rings. The molecule has 0 spiro atoms. The molecule has 0 saturated heterocycles. The van der Waals surface area contributed by atoms with Crippen molar-refractivity contribution in [1.29, 1.82) is 0 Å². The number of methoxy groups -OCH3 is 1. The maximum absolute atomic E-state index is 12.7. The fourth-order valence-electron chi connectivity index (χ4n) is 1.80. The van der Waals surface area contributed by atoms with Crippen molar-refractivity contribution in [1.82, 2.24) is 9.29 Å². The summed E-state index contributed by atoms with van der Waals surface area (Å²) in [5.41, 5.74) is 0. The van der Waals surface area contributed by atoms with E-state index in [1.54, 1.807) is 31.4 Å². The highest BCUT2D eigenvalue weighted by Crippen LogP contribution is 2.30. The largest absolute Gasteiger partial charge is 0.495 e. The van der Waals surface area contributed by atoms with E-state index in [1.165, 1.54) is 22.8 Å². The molecule has 0 aliphatic heterocycles. The highest BCUT2D eigenvalue weighted by Gasteiger charge is 2.25. The molecule has 21 heavy (non-hydrogen) atoms. The van der Waals surface area contributed by atoms with Gasteiger partial charge in [-0.2, -0.15) is 4.31 Å². The van der Waals surface area contributed by atoms with Gasteiger partial charge in [-0.25, -0.2) is 13.4 Å². The number of sulfonamides is 1. The van der Waals surface area contributed by atoms with Crippen molar-refractivity contribution < 1.29 is 13.2 Å². The van der Waals surface area contributed by atoms with Crippen molar-refractivity contribution in [3.05, 3.63) is 38.8 Å². The molecule has 1 aromatic heterocycles. The summed E-state index contributed by atoms with van der Waals surface area (Å²) in [4.78, 5) is 5.17. The third kappa shape index (κ3) is 3.63. The van der Waals surface area contributed by atoms with E-state index in [0.717, 1.165) is 9.88 Å². The van der Waals surface area contributed by atoms with Crippen LogP contribution in [0.5, 0.6) is 5.75 Å². The van der Waals surface area contributed by atoms with Gasteiger partial charge in [-0.3, -0.25) is 0 Å². The number of halogens is 1. The molecule has 2 rings (SSSR count). The van der Waals surface area contributed by atoms with E-state index in [0.29, 0.717) is 10.2 Å². The van der Waals surface area contributed by atoms with Crippen LogP contribution in [0.15, 0.2) is 33.8 Å². The van der Waals surface area contributed by atoms with Crippen LogP contribution < -0.4 is 4.74 Å². The number of hydrogen-bond acceptors (Lipinski definition) is 5. The topological polar surface area (TPSA) is 59.5 Å². The first-order valence-electron chi connectivity index (χ1n) is 6.06. The minimum Gasteiger partial charge on any atom is -0.495 e. The lowest BCUT2D eigenvalue weighted by molar-refractivity contribution is 0.397. The molecule has 114 valence electrons. The molecule has 0 aliphatic carbocycles. The summed E-state index contributed by atoms with van der Waals surface area (Å²) in [6.07, 6.45) is 1.70. The molecule has 1 heterocycles. The number of rotatable bonds is 5. The number of thiazole rings is 1. The highest BCUT2D eigenvalue weighted by atomic mass is 79.9. The van der Waals surface area contributed by atoms with E-state index in [4.69, 9.17) is 4.74 Å². The van der Waals surface area contributed by atoms with Crippen LogP contribution in [0, 0.1) is 6.92 Å². The van der Waals surface area contributed by atoms with Crippen molar-refractivity contribution in [3.8, 4) is 5.75 Å². The van der Waals surface area contributed by atoms with Crippen molar-refractivity contribution in [2.24, 2.45) is 0 Å². The lowest BCUT2D eigenvalue weighted by Crippen LogP contribution is -2.26. The second kappa shape index (κ2) is 6.43. The Bertz CT molecular complexity index is 744. The van der Waals surface area contributed by atoms with Crippen LogP contribution in [0.4, 0.5) is 0 Å². The second-order valence-corrected chi connectivity index (χ2v) is 8.65. The van der Waals surface area contributed by atoms with E-state index in [9.17, 15) is 8.42 Å². The Labute approximate surface area is 136 Å². The average Bonchev–Trinajstić information content (AvgIpc) is 2.84. The molecule has 0 aliphatic rings. The number of benzene rings is 1. The molecule has 8 heteroatoms. The Kier molecular flexibility index (Phi) is 5.03. The van der Waals surface area contributed by atoms with E-state index in [1.807, 2.05) is 6.92 Å². The van der Waals surface area contributed by atoms with Crippen LogP contribution in [0.1, 0.15) is 9.88 Å². The lowest BCUT2D eigenvalue weighted by atomic mass is 10.3. The maximum Gasteiger partial charge on any atom is 0.246 e. The summed E-state index contributed by atoms with van der Waals surface area (Å²) in [7, 11) is -0.636.